The maximum absolute atomic E-state index is 5.57. The van der Waals surface area contributed by atoms with Gasteiger partial charge in [-0.05, 0) is 49.1 Å². The predicted molar refractivity (Wildman–Crippen MR) is 83.7 cm³/mol. The first kappa shape index (κ1) is 14.8. The largest absolute Gasteiger partial charge is 0.478 e. The summed E-state index contributed by atoms with van der Waals surface area (Å²) in [6, 6.07) is 4.30. The van der Waals surface area contributed by atoms with E-state index in [1.54, 1.807) is 11.3 Å². The zero-order chi connectivity index (χ0) is 14.4. The van der Waals surface area contributed by atoms with Crippen LogP contribution >= 0.6 is 11.3 Å². The maximum Gasteiger partial charge on any atom is 0.226 e. The molecule has 0 bridgehead atoms. The van der Waals surface area contributed by atoms with E-state index in [-0.39, 0.29) is 6.04 Å². The van der Waals surface area contributed by atoms with E-state index in [0.29, 0.717) is 18.4 Å². The van der Waals surface area contributed by atoms with Gasteiger partial charge in [0.1, 0.15) is 0 Å². The molecule has 0 saturated heterocycles. The van der Waals surface area contributed by atoms with E-state index < -0.39 is 0 Å². The molecule has 1 unspecified atom stereocenters. The standard InChI is InChI=1S/C15H21N3OS/c1-4-6-19-14-9-12(3)17-15(18-14)16-11(2)8-13-5-7-20-10-13/h5,7,9-11H,4,6,8H2,1-3H3,(H,16,17,18). The fourth-order valence-corrected chi connectivity index (χ4v) is 2.60. The van der Waals surface area contributed by atoms with Crippen LogP contribution in [0, 0.1) is 6.92 Å². The van der Waals surface area contributed by atoms with Crippen molar-refractivity contribution >= 4 is 17.3 Å². The minimum absolute atomic E-state index is 0.283. The van der Waals surface area contributed by atoms with E-state index in [1.165, 1.54) is 5.56 Å². The molecule has 2 aromatic heterocycles. The lowest BCUT2D eigenvalue weighted by molar-refractivity contribution is 0.305. The van der Waals surface area contributed by atoms with Crippen molar-refractivity contribution in [2.75, 3.05) is 11.9 Å². The summed E-state index contributed by atoms with van der Waals surface area (Å²) in [5, 5.41) is 7.61. The highest BCUT2D eigenvalue weighted by molar-refractivity contribution is 7.07. The van der Waals surface area contributed by atoms with Crippen molar-refractivity contribution < 1.29 is 4.74 Å². The Morgan fingerprint density at radius 3 is 2.95 bits per heavy atom. The van der Waals surface area contributed by atoms with Crippen LogP contribution in [0.2, 0.25) is 0 Å². The molecule has 0 radical (unpaired) electrons. The fraction of sp³-hybridized carbons (Fsp3) is 0.467. The van der Waals surface area contributed by atoms with Gasteiger partial charge in [0.25, 0.3) is 0 Å². The molecule has 1 N–H and O–H groups in total. The lowest BCUT2D eigenvalue weighted by Gasteiger charge is -2.14. The molecule has 0 aliphatic heterocycles. The Bertz CT molecular complexity index is 528. The van der Waals surface area contributed by atoms with Crippen molar-refractivity contribution in [1.82, 2.24) is 9.97 Å². The molecule has 108 valence electrons. The van der Waals surface area contributed by atoms with E-state index in [4.69, 9.17) is 4.74 Å². The van der Waals surface area contributed by atoms with E-state index in [0.717, 1.165) is 18.5 Å². The molecule has 2 heterocycles. The van der Waals surface area contributed by atoms with E-state index in [2.05, 4.69) is 46.0 Å². The summed E-state index contributed by atoms with van der Waals surface area (Å²) in [6.07, 6.45) is 1.94. The molecule has 0 aliphatic rings. The molecule has 20 heavy (non-hydrogen) atoms. The average Bonchev–Trinajstić information content (AvgIpc) is 2.88. The number of nitrogens with zero attached hydrogens (tertiary/aromatic N) is 2. The Morgan fingerprint density at radius 1 is 1.40 bits per heavy atom. The number of nitrogens with one attached hydrogen (secondary N) is 1. The number of aryl methyl sites for hydroxylation is 1. The molecular formula is C15H21N3OS. The predicted octanol–water partition coefficient (Wildman–Crippen LogP) is 3.68. The van der Waals surface area contributed by atoms with E-state index in [9.17, 15) is 0 Å². The monoisotopic (exact) mass is 291 g/mol. The molecule has 0 amide bonds. The van der Waals surface area contributed by atoms with Gasteiger partial charge in [0.05, 0.1) is 6.61 Å². The Labute approximate surface area is 124 Å². The summed E-state index contributed by atoms with van der Waals surface area (Å²) >= 11 is 1.72. The molecule has 0 aliphatic carbocycles. The third-order valence-electron chi connectivity index (χ3n) is 2.78. The second kappa shape index (κ2) is 7.24. The van der Waals surface area contributed by atoms with Gasteiger partial charge in [0, 0.05) is 17.8 Å². The van der Waals surface area contributed by atoms with Crippen LogP contribution in [-0.4, -0.2) is 22.6 Å². The van der Waals surface area contributed by atoms with Gasteiger partial charge in [-0.2, -0.15) is 16.3 Å². The first-order chi connectivity index (χ1) is 9.67. The number of ether oxygens (including phenoxy) is 1. The molecule has 5 heteroatoms. The van der Waals surface area contributed by atoms with Gasteiger partial charge < -0.3 is 10.1 Å². The van der Waals surface area contributed by atoms with Crippen LogP contribution in [0.5, 0.6) is 5.88 Å². The van der Waals surface area contributed by atoms with Crippen molar-refractivity contribution in [3.05, 3.63) is 34.2 Å². The molecule has 0 aromatic carbocycles. The maximum atomic E-state index is 5.57. The van der Waals surface area contributed by atoms with E-state index >= 15 is 0 Å². The molecule has 0 fully saturated rings. The summed E-state index contributed by atoms with van der Waals surface area (Å²) < 4.78 is 5.57. The Kier molecular flexibility index (Phi) is 5.35. The van der Waals surface area contributed by atoms with Crippen LogP contribution in [0.3, 0.4) is 0 Å². The van der Waals surface area contributed by atoms with Crippen LogP contribution in [0.25, 0.3) is 0 Å². The number of rotatable bonds is 7. The minimum Gasteiger partial charge on any atom is -0.478 e. The van der Waals surface area contributed by atoms with Gasteiger partial charge >= 0.3 is 0 Å². The molecule has 0 spiro atoms. The number of aromatic nitrogens is 2. The zero-order valence-corrected chi connectivity index (χ0v) is 13.0. The second-order valence-corrected chi connectivity index (χ2v) is 5.68. The van der Waals surface area contributed by atoms with Crippen LogP contribution in [0.1, 0.15) is 31.5 Å². The smallest absolute Gasteiger partial charge is 0.226 e. The number of hydrogen-bond donors (Lipinski definition) is 1. The van der Waals surface area contributed by atoms with Gasteiger partial charge in [-0.25, -0.2) is 4.98 Å². The number of anilines is 1. The Hall–Kier alpha value is -1.62. The van der Waals surface area contributed by atoms with Crippen molar-refractivity contribution in [3.8, 4) is 5.88 Å². The fourth-order valence-electron chi connectivity index (χ4n) is 1.92. The Morgan fingerprint density at radius 2 is 2.25 bits per heavy atom. The lowest BCUT2D eigenvalue weighted by atomic mass is 10.1. The van der Waals surface area contributed by atoms with Crippen molar-refractivity contribution in [1.29, 1.82) is 0 Å². The minimum atomic E-state index is 0.283. The third-order valence-corrected chi connectivity index (χ3v) is 3.51. The average molecular weight is 291 g/mol. The van der Waals surface area contributed by atoms with Crippen LogP contribution < -0.4 is 10.1 Å². The summed E-state index contributed by atoms with van der Waals surface area (Å²) in [6.45, 7) is 6.85. The van der Waals surface area contributed by atoms with Crippen molar-refractivity contribution in [2.45, 2.75) is 39.7 Å². The van der Waals surface area contributed by atoms with Crippen molar-refractivity contribution in [2.24, 2.45) is 0 Å². The Balaban J connectivity index is 1.98. The van der Waals surface area contributed by atoms with Crippen molar-refractivity contribution in [3.63, 3.8) is 0 Å². The first-order valence-corrected chi connectivity index (χ1v) is 7.87. The highest BCUT2D eigenvalue weighted by Crippen LogP contribution is 2.15. The van der Waals surface area contributed by atoms with Gasteiger partial charge in [-0.3, -0.25) is 0 Å². The quantitative estimate of drug-likeness (QED) is 0.845. The van der Waals surface area contributed by atoms with Crippen LogP contribution in [-0.2, 0) is 6.42 Å². The zero-order valence-electron chi connectivity index (χ0n) is 12.2. The molecule has 2 rings (SSSR count). The third kappa shape index (κ3) is 4.49. The molecular weight excluding hydrogens is 270 g/mol. The first-order valence-electron chi connectivity index (χ1n) is 6.93. The number of thiophene rings is 1. The SMILES string of the molecule is CCCOc1cc(C)nc(NC(C)Cc2ccsc2)n1. The number of hydrogen-bond acceptors (Lipinski definition) is 5. The second-order valence-electron chi connectivity index (χ2n) is 4.90. The summed E-state index contributed by atoms with van der Waals surface area (Å²) in [5.74, 6) is 1.28. The van der Waals surface area contributed by atoms with Gasteiger partial charge in [0.15, 0.2) is 0 Å². The van der Waals surface area contributed by atoms with Gasteiger partial charge in [-0.15, -0.1) is 0 Å². The lowest BCUT2D eigenvalue weighted by Crippen LogP contribution is -2.20. The van der Waals surface area contributed by atoms with Gasteiger partial charge in [-0.1, -0.05) is 6.92 Å². The molecule has 4 nitrogen and oxygen atoms in total. The van der Waals surface area contributed by atoms with E-state index in [1.807, 2.05) is 13.0 Å². The normalized spacial score (nSPS) is 12.2. The van der Waals surface area contributed by atoms with Gasteiger partial charge in [0.2, 0.25) is 11.8 Å². The highest BCUT2D eigenvalue weighted by atomic mass is 32.1. The molecule has 1 atom stereocenters. The summed E-state index contributed by atoms with van der Waals surface area (Å²) in [5.41, 5.74) is 2.25. The topological polar surface area (TPSA) is 47.0 Å². The molecule has 2 aromatic rings. The summed E-state index contributed by atoms with van der Waals surface area (Å²) in [4.78, 5) is 8.81. The summed E-state index contributed by atoms with van der Waals surface area (Å²) in [7, 11) is 0. The highest BCUT2D eigenvalue weighted by Gasteiger charge is 2.08. The molecule has 0 saturated carbocycles. The van der Waals surface area contributed by atoms with Crippen LogP contribution in [0.4, 0.5) is 5.95 Å². The van der Waals surface area contributed by atoms with Crippen LogP contribution in [0.15, 0.2) is 22.9 Å².